The van der Waals surface area contributed by atoms with Crippen LogP contribution in [0.4, 0.5) is 4.79 Å². The van der Waals surface area contributed by atoms with E-state index in [4.69, 9.17) is 9.47 Å². The standard InChI is InChI=1S/C21H29N3O4/c1-13-8-14(2)11-24(10-13)12-17-18(20(25)28-4)19(23-21(26)22-17)15-6-5-7-16(9-15)27-3/h5-7,9,13-14,19H,8,10-12H2,1-4H3,(H2,22,23,26)/p+1/t13-,14-,19-/m0/s1. The molecule has 0 unspecified atom stereocenters. The molecule has 3 atom stereocenters. The van der Waals surface area contributed by atoms with Gasteiger partial charge in [0.2, 0.25) is 0 Å². The Balaban J connectivity index is 1.97. The third-order valence-electron chi connectivity index (χ3n) is 5.49. The summed E-state index contributed by atoms with van der Waals surface area (Å²) >= 11 is 0. The van der Waals surface area contributed by atoms with E-state index in [-0.39, 0.29) is 6.03 Å². The Kier molecular flexibility index (Phi) is 6.24. The van der Waals surface area contributed by atoms with E-state index in [9.17, 15) is 9.59 Å². The zero-order chi connectivity index (χ0) is 20.3. The maximum atomic E-state index is 12.7. The number of nitrogens with one attached hydrogen (secondary N) is 3. The Hall–Kier alpha value is -2.54. The lowest BCUT2D eigenvalue weighted by Crippen LogP contribution is -3.14. The topological polar surface area (TPSA) is 81.1 Å². The van der Waals surface area contributed by atoms with Crippen molar-refractivity contribution in [3.8, 4) is 5.75 Å². The van der Waals surface area contributed by atoms with Crippen LogP contribution in [0.5, 0.6) is 5.75 Å². The van der Waals surface area contributed by atoms with Gasteiger partial charge in [0.15, 0.2) is 0 Å². The summed E-state index contributed by atoms with van der Waals surface area (Å²) in [6, 6.07) is 6.48. The number of rotatable bonds is 5. The van der Waals surface area contributed by atoms with Crippen molar-refractivity contribution in [2.24, 2.45) is 11.8 Å². The monoisotopic (exact) mass is 388 g/mol. The Morgan fingerprint density at radius 2 is 1.93 bits per heavy atom. The van der Waals surface area contributed by atoms with Gasteiger partial charge in [0, 0.05) is 11.8 Å². The Morgan fingerprint density at radius 3 is 2.57 bits per heavy atom. The summed E-state index contributed by atoms with van der Waals surface area (Å²) in [5, 5.41) is 5.72. The molecule has 0 radical (unpaired) electrons. The Labute approximate surface area is 166 Å². The maximum absolute atomic E-state index is 12.7. The highest BCUT2D eigenvalue weighted by Crippen LogP contribution is 2.29. The molecule has 0 bridgehead atoms. The fraction of sp³-hybridized carbons (Fsp3) is 0.524. The molecule has 7 heteroatoms. The van der Waals surface area contributed by atoms with E-state index >= 15 is 0 Å². The Morgan fingerprint density at radius 1 is 1.21 bits per heavy atom. The molecule has 1 aromatic carbocycles. The van der Waals surface area contributed by atoms with Crippen molar-refractivity contribution in [1.82, 2.24) is 10.6 Å². The molecular weight excluding hydrogens is 358 g/mol. The van der Waals surface area contributed by atoms with E-state index in [1.54, 1.807) is 7.11 Å². The number of hydrogen-bond donors (Lipinski definition) is 3. The summed E-state index contributed by atoms with van der Waals surface area (Å²) < 4.78 is 10.4. The van der Waals surface area contributed by atoms with Crippen molar-refractivity contribution >= 4 is 12.0 Å². The van der Waals surface area contributed by atoms with Crippen molar-refractivity contribution in [3.63, 3.8) is 0 Å². The molecule has 1 fully saturated rings. The molecule has 2 aliphatic rings. The summed E-state index contributed by atoms with van der Waals surface area (Å²) in [5.74, 6) is 1.47. The normalized spacial score (nSPS) is 27.6. The second-order valence-electron chi connectivity index (χ2n) is 7.97. The van der Waals surface area contributed by atoms with Crippen LogP contribution >= 0.6 is 0 Å². The first kappa shape index (κ1) is 20.2. The molecule has 0 aromatic heterocycles. The lowest BCUT2D eigenvalue weighted by molar-refractivity contribution is -0.907. The SMILES string of the molecule is COC(=O)C1=C(C[NH+]2C[C@@H](C)C[C@H](C)C2)NC(=O)N[C@H]1c1cccc(OC)c1. The number of urea groups is 1. The molecule has 3 rings (SSSR count). The molecule has 28 heavy (non-hydrogen) atoms. The number of esters is 1. The van der Waals surface area contributed by atoms with Gasteiger partial charge in [-0.05, 0) is 24.1 Å². The second-order valence-corrected chi connectivity index (χ2v) is 7.97. The first-order valence-corrected chi connectivity index (χ1v) is 9.77. The van der Waals surface area contributed by atoms with Crippen LogP contribution in [0.25, 0.3) is 0 Å². The van der Waals surface area contributed by atoms with Crippen LogP contribution in [0.2, 0.25) is 0 Å². The van der Waals surface area contributed by atoms with E-state index in [0.717, 1.165) is 18.7 Å². The van der Waals surface area contributed by atoms with Crippen LogP contribution in [0.3, 0.4) is 0 Å². The number of benzene rings is 1. The predicted molar refractivity (Wildman–Crippen MR) is 105 cm³/mol. The summed E-state index contributed by atoms with van der Waals surface area (Å²) in [6.07, 6.45) is 1.22. The molecule has 0 saturated carbocycles. The number of carbonyl (C=O) groups is 2. The van der Waals surface area contributed by atoms with Crippen LogP contribution < -0.4 is 20.3 Å². The minimum Gasteiger partial charge on any atom is -0.497 e. The van der Waals surface area contributed by atoms with Gasteiger partial charge in [-0.2, -0.15) is 0 Å². The molecule has 3 N–H and O–H groups in total. The molecule has 2 aliphatic heterocycles. The molecule has 1 aromatic rings. The highest BCUT2D eigenvalue weighted by molar-refractivity contribution is 5.95. The van der Waals surface area contributed by atoms with Gasteiger partial charge in [-0.1, -0.05) is 26.0 Å². The van der Waals surface area contributed by atoms with Crippen molar-refractivity contribution in [1.29, 1.82) is 0 Å². The Bertz CT molecular complexity index is 767. The van der Waals surface area contributed by atoms with Crippen molar-refractivity contribution in [2.75, 3.05) is 33.9 Å². The maximum Gasteiger partial charge on any atom is 0.338 e. The lowest BCUT2D eigenvalue weighted by Gasteiger charge is -2.35. The zero-order valence-corrected chi connectivity index (χ0v) is 17.0. The van der Waals surface area contributed by atoms with Crippen molar-refractivity contribution in [2.45, 2.75) is 26.3 Å². The number of quaternary nitrogens is 1. The van der Waals surface area contributed by atoms with Gasteiger partial charge in [0.1, 0.15) is 12.3 Å². The molecule has 0 spiro atoms. The molecule has 7 nitrogen and oxygen atoms in total. The molecule has 152 valence electrons. The van der Waals surface area contributed by atoms with Crippen molar-refractivity contribution in [3.05, 3.63) is 41.1 Å². The summed E-state index contributed by atoms with van der Waals surface area (Å²) in [6.45, 7) is 7.15. The van der Waals surface area contributed by atoms with Crippen LogP contribution in [0.15, 0.2) is 35.5 Å². The number of likely N-dealkylation sites (tertiary alicyclic amines) is 1. The minimum absolute atomic E-state index is 0.312. The molecular formula is C21H30N3O4+. The second kappa shape index (κ2) is 8.65. The van der Waals surface area contributed by atoms with E-state index in [0.29, 0.717) is 35.4 Å². The smallest absolute Gasteiger partial charge is 0.338 e. The van der Waals surface area contributed by atoms with Gasteiger partial charge in [-0.25, -0.2) is 9.59 Å². The average Bonchev–Trinajstić information content (AvgIpc) is 2.66. The van der Waals surface area contributed by atoms with Gasteiger partial charge >= 0.3 is 12.0 Å². The summed E-state index contributed by atoms with van der Waals surface area (Å²) in [4.78, 5) is 26.4. The lowest BCUT2D eigenvalue weighted by atomic mass is 9.91. The molecule has 0 aliphatic carbocycles. The fourth-order valence-electron chi connectivity index (χ4n) is 4.50. The molecule has 2 heterocycles. The highest BCUT2D eigenvalue weighted by atomic mass is 16.5. The van der Waals surface area contributed by atoms with E-state index in [2.05, 4.69) is 24.5 Å². The third kappa shape index (κ3) is 4.47. The summed E-state index contributed by atoms with van der Waals surface area (Å²) in [5.41, 5.74) is 1.87. The fourth-order valence-corrected chi connectivity index (χ4v) is 4.50. The molecule has 2 amide bonds. The third-order valence-corrected chi connectivity index (χ3v) is 5.49. The highest BCUT2D eigenvalue weighted by Gasteiger charge is 2.36. The average molecular weight is 388 g/mol. The number of piperidine rings is 1. The summed E-state index contributed by atoms with van der Waals surface area (Å²) in [7, 11) is 2.95. The van der Waals surface area contributed by atoms with Crippen LogP contribution in [-0.4, -0.2) is 45.9 Å². The first-order valence-electron chi connectivity index (χ1n) is 9.77. The van der Waals surface area contributed by atoms with Gasteiger partial charge in [0.25, 0.3) is 0 Å². The van der Waals surface area contributed by atoms with Crippen molar-refractivity contribution < 1.29 is 24.0 Å². The van der Waals surface area contributed by atoms with Gasteiger partial charge in [-0.3, -0.25) is 0 Å². The largest absolute Gasteiger partial charge is 0.497 e. The number of methoxy groups -OCH3 is 2. The zero-order valence-electron chi connectivity index (χ0n) is 17.0. The number of ether oxygens (including phenoxy) is 2. The minimum atomic E-state index is -0.578. The van der Waals surface area contributed by atoms with E-state index < -0.39 is 12.0 Å². The van der Waals surface area contributed by atoms with E-state index in [1.807, 2.05) is 24.3 Å². The van der Waals surface area contributed by atoms with Gasteiger partial charge in [-0.15, -0.1) is 0 Å². The number of amides is 2. The predicted octanol–water partition coefficient (Wildman–Crippen LogP) is 1.04. The van der Waals surface area contributed by atoms with Gasteiger partial charge in [0.05, 0.1) is 44.6 Å². The van der Waals surface area contributed by atoms with Gasteiger partial charge < -0.3 is 25.0 Å². The van der Waals surface area contributed by atoms with Crippen LogP contribution in [0.1, 0.15) is 31.9 Å². The first-order chi connectivity index (χ1) is 13.4. The quantitative estimate of drug-likeness (QED) is 0.659. The number of hydrogen-bond acceptors (Lipinski definition) is 4. The van der Waals surface area contributed by atoms with Crippen LogP contribution in [0, 0.1) is 11.8 Å². The molecule has 1 saturated heterocycles. The van der Waals surface area contributed by atoms with Crippen LogP contribution in [-0.2, 0) is 9.53 Å². The number of carbonyl (C=O) groups excluding carboxylic acids is 2. The van der Waals surface area contributed by atoms with E-state index in [1.165, 1.54) is 18.4 Å².